The van der Waals surface area contributed by atoms with E-state index in [1.807, 2.05) is 19.1 Å². The molecule has 1 aliphatic heterocycles. The van der Waals surface area contributed by atoms with E-state index in [1.165, 1.54) is 0 Å². The first-order chi connectivity index (χ1) is 6.70. The van der Waals surface area contributed by atoms with Crippen LogP contribution in [0.3, 0.4) is 0 Å². The minimum Gasteiger partial charge on any atom is -0.346 e. The van der Waals surface area contributed by atoms with Gasteiger partial charge in [-0.3, -0.25) is 0 Å². The highest BCUT2D eigenvalue weighted by Gasteiger charge is 2.21. The summed E-state index contributed by atoms with van der Waals surface area (Å²) in [7, 11) is 0. The molecule has 1 aromatic rings. The van der Waals surface area contributed by atoms with Gasteiger partial charge in [-0.15, -0.1) is 0 Å². The molecule has 0 radical (unpaired) electrons. The molecule has 1 fully saturated rings. The van der Waals surface area contributed by atoms with Crippen molar-refractivity contribution in [1.29, 1.82) is 0 Å². The van der Waals surface area contributed by atoms with Crippen LogP contribution in [0.15, 0.2) is 16.6 Å². The molecule has 0 unspecified atom stereocenters. The third-order valence-electron chi connectivity index (χ3n) is 2.26. The van der Waals surface area contributed by atoms with E-state index in [1.54, 1.807) is 0 Å². The van der Waals surface area contributed by atoms with Crippen LogP contribution < -0.4 is 0 Å². The van der Waals surface area contributed by atoms with Crippen LogP contribution >= 0.6 is 27.5 Å². The molecule has 0 bridgehead atoms. The van der Waals surface area contributed by atoms with Crippen molar-refractivity contribution in [3.63, 3.8) is 0 Å². The molecule has 0 N–H and O–H groups in total. The van der Waals surface area contributed by atoms with Gasteiger partial charge < -0.3 is 9.47 Å². The van der Waals surface area contributed by atoms with Gasteiger partial charge >= 0.3 is 0 Å². The molecule has 1 heterocycles. The first kappa shape index (κ1) is 10.4. The number of hydrogen-bond donors (Lipinski definition) is 0. The molecule has 0 aliphatic carbocycles. The number of benzene rings is 1. The summed E-state index contributed by atoms with van der Waals surface area (Å²) in [4.78, 5) is 0. The predicted octanol–water partition coefficient (Wildman–Crippen LogP) is 3.46. The van der Waals surface area contributed by atoms with Crippen molar-refractivity contribution < 1.29 is 9.47 Å². The van der Waals surface area contributed by atoms with E-state index in [9.17, 15) is 0 Å². The molecular formula is C10H10BrClO2. The fraction of sp³-hybridized carbons (Fsp3) is 0.400. The third-order valence-corrected chi connectivity index (χ3v) is 3.63. The molecule has 4 heteroatoms. The summed E-state index contributed by atoms with van der Waals surface area (Å²) >= 11 is 9.48. The van der Waals surface area contributed by atoms with E-state index in [0.717, 1.165) is 20.6 Å². The number of ether oxygens (including phenoxy) is 2. The minimum atomic E-state index is -0.249. The van der Waals surface area contributed by atoms with E-state index < -0.39 is 0 Å². The lowest BCUT2D eigenvalue weighted by Crippen LogP contribution is -2.01. The van der Waals surface area contributed by atoms with Gasteiger partial charge in [0.2, 0.25) is 0 Å². The van der Waals surface area contributed by atoms with Gasteiger partial charge in [-0.25, -0.2) is 0 Å². The van der Waals surface area contributed by atoms with Crippen LogP contribution in [0.25, 0.3) is 0 Å². The predicted molar refractivity (Wildman–Crippen MR) is 58.5 cm³/mol. The molecule has 2 nitrogen and oxygen atoms in total. The summed E-state index contributed by atoms with van der Waals surface area (Å²) in [5.41, 5.74) is 2.02. The monoisotopic (exact) mass is 276 g/mol. The van der Waals surface area contributed by atoms with Gasteiger partial charge in [-0.1, -0.05) is 17.7 Å². The highest BCUT2D eigenvalue weighted by Crippen LogP contribution is 2.34. The van der Waals surface area contributed by atoms with Crippen molar-refractivity contribution in [3.05, 3.63) is 32.8 Å². The zero-order valence-electron chi connectivity index (χ0n) is 7.72. The average Bonchev–Trinajstić information content (AvgIpc) is 2.67. The quantitative estimate of drug-likeness (QED) is 0.783. The summed E-state index contributed by atoms with van der Waals surface area (Å²) < 4.78 is 11.7. The SMILES string of the molecule is Cc1c(C2OCCO2)ccc(Br)c1Cl. The smallest absolute Gasteiger partial charge is 0.184 e. The van der Waals surface area contributed by atoms with E-state index in [4.69, 9.17) is 21.1 Å². The molecule has 1 aromatic carbocycles. The molecular weight excluding hydrogens is 267 g/mol. The fourth-order valence-electron chi connectivity index (χ4n) is 1.46. The zero-order valence-corrected chi connectivity index (χ0v) is 10.1. The lowest BCUT2D eigenvalue weighted by molar-refractivity contribution is -0.0445. The first-order valence-corrected chi connectivity index (χ1v) is 5.55. The van der Waals surface area contributed by atoms with Crippen LogP contribution in [0.5, 0.6) is 0 Å². The first-order valence-electron chi connectivity index (χ1n) is 4.38. The second-order valence-electron chi connectivity index (χ2n) is 3.15. The van der Waals surface area contributed by atoms with Gasteiger partial charge in [0.05, 0.1) is 18.2 Å². The van der Waals surface area contributed by atoms with E-state index in [0.29, 0.717) is 13.2 Å². The average molecular weight is 278 g/mol. The maximum absolute atomic E-state index is 6.10. The van der Waals surface area contributed by atoms with Crippen LogP contribution in [-0.4, -0.2) is 13.2 Å². The number of rotatable bonds is 1. The van der Waals surface area contributed by atoms with Crippen LogP contribution in [-0.2, 0) is 9.47 Å². The number of hydrogen-bond acceptors (Lipinski definition) is 2. The molecule has 0 aromatic heterocycles. The van der Waals surface area contributed by atoms with E-state index in [2.05, 4.69) is 15.9 Å². The van der Waals surface area contributed by atoms with Crippen molar-refractivity contribution in [3.8, 4) is 0 Å². The summed E-state index contributed by atoms with van der Waals surface area (Å²) in [6.45, 7) is 3.27. The summed E-state index contributed by atoms with van der Waals surface area (Å²) in [5, 5.41) is 0.724. The molecule has 76 valence electrons. The Labute approximate surface area is 96.3 Å². The largest absolute Gasteiger partial charge is 0.346 e. The Balaban J connectivity index is 2.38. The third kappa shape index (κ3) is 1.82. The molecule has 2 rings (SSSR count). The zero-order chi connectivity index (χ0) is 10.1. The van der Waals surface area contributed by atoms with Gasteiger partial charge in [0.1, 0.15) is 0 Å². The van der Waals surface area contributed by atoms with Crippen molar-refractivity contribution in [2.45, 2.75) is 13.2 Å². The lowest BCUT2D eigenvalue weighted by atomic mass is 10.1. The standard InChI is InChI=1S/C10H10BrClO2/c1-6-7(10-13-4-5-14-10)2-3-8(11)9(6)12/h2-3,10H,4-5H2,1H3. The maximum Gasteiger partial charge on any atom is 0.184 e. The molecule has 1 saturated heterocycles. The highest BCUT2D eigenvalue weighted by atomic mass is 79.9. The Hall–Kier alpha value is -0.0900. The second-order valence-corrected chi connectivity index (χ2v) is 4.38. The molecule has 0 saturated carbocycles. The highest BCUT2D eigenvalue weighted by molar-refractivity contribution is 9.10. The van der Waals surface area contributed by atoms with Gasteiger partial charge in [-0.2, -0.15) is 0 Å². The Kier molecular flexibility index (Phi) is 3.12. The van der Waals surface area contributed by atoms with Gasteiger partial charge in [0.25, 0.3) is 0 Å². The van der Waals surface area contributed by atoms with Gasteiger partial charge in [0.15, 0.2) is 6.29 Å². The normalized spacial score (nSPS) is 17.6. The van der Waals surface area contributed by atoms with Gasteiger partial charge in [-0.05, 0) is 34.5 Å². The summed E-state index contributed by atoms with van der Waals surface area (Å²) in [5.74, 6) is 0. The van der Waals surface area contributed by atoms with Crippen molar-refractivity contribution in [1.82, 2.24) is 0 Å². The van der Waals surface area contributed by atoms with E-state index in [-0.39, 0.29) is 6.29 Å². The Morgan fingerprint density at radius 3 is 2.64 bits per heavy atom. The lowest BCUT2D eigenvalue weighted by Gasteiger charge is -2.13. The van der Waals surface area contributed by atoms with Gasteiger partial charge in [0, 0.05) is 10.0 Å². The summed E-state index contributed by atoms with van der Waals surface area (Å²) in [6.07, 6.45) is -0.249. The van der Waals surface area contributed by atoms with Crippen LogP contribution in [0, 0.1) is 6.92 Å². The Bertz CT molecular complexity index is 348. The van der Waals surface area contributed by atoms with Crippen LogP contribution in [0.1, 0.15) is 17.4 Å². The maximum atomic E-state index is 6.10. The summed E-state index contributed by atoms with van der Waals surface area (Å²) in [6, 6.07) is 3.89. The van der Waals surface area contributed by atoms with Crippen LogP contribution in [0.4, 0.5) is 0 Å². The van der Waals surface area contributed by atoms with Crippen molar-refractivity contribution >= 4 is 27.5 Å². The van der Waals surface area contributed by atoms with Crippen LogP contribution in [0.2, 0.25) is 5.02 Å². The van der Waals surface area contributed by atoms with E-state index >= 15 is 0 Å². The molecule has 14 heavy (non-hydrogen) atoms. The van der Waals surface area contributed by atoms with Crippen molar-refractivity contribution in [2.75, 3.05) is 13.2 Å². The molecule has 0 amide bonds. The van der Waals surface area contributed by atoms with Crippen molar-refractivity contribution in [2.24, 2.45) is 0 Å². The fourth-order valence-corrected chi connectivity index (χ4v) is 2.06. The molecule has 1 aliphatic rings. The number of halogens is 2. The Morgan fingerprint density at radius 2 is 2.00 bits per heavy atom. The second kappa shape index (κ2) is 4.19. The topological polar surface area (TPSA) is 18.5 Å². The molecule has 0 atom stereocenters. The minimum absolute atomic E-state index is 0.249. The molecule has 0 spiro atoms. The Morgan fingerprint density at radius 1 is 1.36 bits per heavy atom.